The van der Waals surface area contributed by atoms with Gasteiger partial charge in [-0.1, -0.05) is 6.07 Å². The maximum atomic E-state index is 13.3. The van der Waals surface area contributed by atoms with Crippen LogP contribution in [-0.4, -0.2) is 0 Å². The first-order valence-electron chi connectivity index (χ1n) is 5.59. The van der Waals surface area contributed by atoms with Gasteiger partial charge in [-0.05, 0) is 29.8 Å². The van der Waals surface area contributed by atoms with Gasteiger partial charge in [0.15, 0.2) is 17.5 Å². The molecule has 2 aromatic rings. The van der Waals surface area contributed by atoms with Crippen LogP contribution in [0.4, 0.5) is 23.2 Å². The van der Waals surface area contributed by atoms with Crippen LogP contribution >= 0.6 is 0 Å². The van der Waals surface area contributed by atoms with E-state index in [9.17, 15) is 17.6 Å². The molecule has 0 unspecified atom stereocenters. The number of hydrogen-bond acceptors (Lipinski definition) is 2. The van der Waals surface area contributed by atoms with Crippen molar-refractivity contribution in [3.63, 3.8) is 0 Å². The van der Waals surface area contributed by atoms with Crippen LogP contribution in [0.5, 0.6) is 0 Å². The topological polar surface area (TPSA) is 35.8 Å². The molecule has 1 N–H and O–H groups in total. The summed E-state index contributed by atoms with van der Waals surface area (Å²) in [7, 11) is 0. The third-order valence-corrected chi connectivity index (χ3v) is 2.65. The average Bonchev–Trinajstić information content (AvgIpc) is 2.42. The van der Waals surface area contributed by atoms with Crippen LogP contribution < -0.4 is 5.32 Å². The van der Waals surface area contributed by atoms with Gasteiger partial charge in [-0.15, -0.1) is 0 Å². The fraction of sp³-hybridized carbons (Fsp3) is 0.0714. The molecule has 0 aliphatic rings. The number of halogens is 4. The van der Waals surface area contributed by atoms with E-state index in [1.54, 1.807) is 6.07 Å². The van der Waals surface area contributed by atoms with Crippen LogP contribution in [0, 0.1) is 34.6 Å². The molecule has 0 bridgehead atoms. The molecule has 0 heterocycles. The van der Waals surface area contributed by atoms with E-state index in [1.807, 2.05) is 0 Å². The number of benzene rings is 2. The van der Waals surface area contributed by atoms with Crippen molar-refractivity contribution in [2.45, 2.75) is 6.54 Å². The fourth-order valence-corrected chi connectivity index (χ4v) is 1.69. The second-order valence-corrected chi connectivity index (χ2v) is 4.00. The van der Waals surface area contributed by atoms with Crippen molar-refractivity contribution in [1.29, 1.82) is 5.26 Å². The van der Waals surface area contributed by atoms with E-state index < -0.39 is 23.3 Å². The Morgan fingerprint density at radius 3 is 2.25 bits per heavy atom. The van der Waals surface area contributed by atoms with Crippen molar-refractivity contribution >= 4 is 5.69 Å². The van der Waals surface area contributed by atoms with E-state index in [4.69, 9.17) is 5.26 Å². The van der Waals surface area contributed by atoms with Crippen LogP contribution in [-0.2, 0) is 6.54 Å². The molecule has 0 saturated carbocycles. The van der Waals surface area contributed by atoms with Gasteiger partial charge in [-0.25, -0.2) is 17.6 Å². The molecular formula is C14H8F4N2. The molecule has 0 aliphatic heterocycles. The van der Waals surface area contributed by atoms with Crippen LogP contribution in [0.2, 0.25) is 0 Å². The average molecular weight is 280 g/mol. The Hall–Kier alpha value is -2.55. The molecule has 0 saturated heterocycles. The molecule has 2 nitrogen and oxygen atoms in total. The molecule has 0 atom stereocenters. The summed E-state index contributed by atoms with van der Waals surface area (Å²) in [4.78, 5) is 0. The highest BCUT2D eigenvalue weighted by Gasteiger charge is 2.11. The normalized spacial score (nSPS) is 10.2. The lowest BCUT2D eigenvalue weighted by Crippen LogP contribution is -2.04. The highest BCUT2D eigenvalue weighted by Crippen LogP contribution is 2.20. The predicted octanol–water partition coefficient (Wildman–Crippen LogP) is 3.73. The number of nitrogens with zero attached hydrogens (tertiary/aromatic N) is 1. The fourth-order valence-electron chi connectivity index (χ4n) is 1.69. The second-order valence-electron chi connectivity index (χ2n) is 4.00. The lowest BCUT2D eigenvalue weighted by Gasteiger charge is -2.09. The number of rotatable bonds is 3. The van der Waals surface area contributed by atoms with E-state index in [1.165, 1.54) is 12.1 Å². The van der Waals surface area contributed by atoms with E-state index >= 15 is 0 Å². The summed E-state index contributed by atoms with van der Waals surface area (Å²) in [5.41, 5.74) is 0.128. The quantitative estimate of drug-likeness (QED) is 0.687. The largest absolute Gasteiger partial charge is 0.380 e. The van der Waals surface area contributed by atoms with E-state index in [0.29, 0.717) is 0 Å². The molecule has 0 spiro atoms. The highest BCUT2D eigenvalue weighted by atomic mass is 19.2. The summed E-state index contributed by atoms with van der Waals surface area (Å²) < 4.78 is 52.1. The summed E-state index contributed by atoms with van der Waals surface area (Å²) in [6.45, 7) is -0.0771. The molecule has 0 radical (unpaired) electrons. The third-order valence-electron chi connectivity index (χ3n) is 2.65. The van der Waals surface area contributed by atoms with Gasteiger partial charge in [0.05, 0.1) is 5.69 Å². The van der Waals surface area contributed by atoms with Gasteiger partial charge < -0.3 is 5.32 Å². The summed E-state index contributed by atoms with van der Waals surface area (Å²) in [6.07, 6.45) is 0. The van der Waals surface area contributed by atoms with Gasteiger partial charge in [0, 0.05) is 6.54 Å². The molecule has 0 amide bonds. The van der Waals surface area contributed by atoms with Gasteiger partial charge in [0.25, 0.3) is 0 Å². The van der Waals surface area contributed by atoms with Gasteiger partial charge >= 0.3 is 0 Å². The van der Waals surface area contributed by atoms with Crippen LogP contribution in [0.25, 0.3) is 0 Å². The second kappa shape index (κ2) is 5.61. The first kappa shape index (κ1) is 13.9. The first-order chi connectivity index (χ1) is 9.52. The summed E-state index contributed by atoms with van der Waals surface area (Å²) in [5, 5.41) is 11.5. The van der Waals surface area contributed by atoms with E-state index in [2.05, 4.69) is 5.32 Å². The molecule has 102 valence electrons. The minimum Gasteiger partial charge on any atom is -0.380 e. The van der Waals surface area contributed by atoms with Crippen LogP contribution in [0.15, 0.2) is 30.3 Å². The summed E-state index contributed by atoms with van der Waals surface area (Å²) in [5.74, 6) is -4.85. The zero-order chi connectivity index (χ0) is 14.7. The minimum absolute atomic E-state index is 0.0771. The molecule has 6 heteroatoms. The lowest BCUT2D eigenvalue weighted by molar-refractivity contribution is 0.445. The van der Waals surface area contributed by atoms with Crippen molar-refractivity contribution in [3.05, 3.63) is 64.7 Å². The minimum atomic E-state index is -1.54. The Kier molecular flexibility index (Phi) is 3.89. The predicted molar refractivity (Wildman–Crippen MR) is 64.8 cm³/mol. The Labute approximate surface area is 112 Å². The van der Waals surface area contributed by atoms with Crippen LogP contribution in [0.1, 0.15) is 11.1 Å². The van der Waals surface area contributed by atoms with Crippen LogP contribution in [0.3, 0.4) is 0 Å². The molecule has 0 aromatic heterocycles. The highest BCUT2D eigenvalue weighted by molar-refractivity contribution is 5.58. The SMILES string of the molecule is N#Cc1c(F)cccc1NCc1cc(F)c(F)c(F)c1. The Morgan fingerprint density at radius 1 is 1.00 bits per heavy atom. The Bertz CT molecular complexity index is 669. The smallest absolute Gasteiger partial charge is 0.194 e. The zero-order valence-corrected chi connectivity index (χ0v) is 10.1. The van der Waals surface area contributed by atoms with Crippen molar-refractivity contribution in [1.82, 2.24) is 0 Å². The first-order valence-corrected chi connectivity index (χ1v) is 5.59. The number of nitriles is 1. The Balaban J connectivity index is 2.22. The van der Waals surface area contributed by atoms with Crippen molar-refractivity contribution in [2.75, 3.05) is 5.32 Å². The molecular weight excluding hydrogens is 272 g/mol. The maximum Gasteiger partial charge on any atom is 0.194 e. The monoisotopic (exact) mass is 280 g/mol. The standard InChI is InChI=1S/C14H8F4N2/c15-10-2-1-3-13(9(10)6-19)20-7-8-4-11(16)14(18)12(17)5-8/h1-5,20H,7H2. The van der Waals surface area contributed by atoms with Crippen molar-refractivity contribution < 1.29 is 17.6 Å². The van der Waals surface area contributed by atoms with Crippen molar-refractivity contribution in [2.24, 2.45) is 0 Å². The molecule has 20 heavy (non-hydrogen) atoms. The number of nitrogens with one attached hydrogen (secondary N) is 1. The molecule has 0 fully saturated rings. The zero-order valence-electron chi connectivity index (χ0n) is 10.1. The van der Waals surface area contributed by atoms with Gasteiger partial charge in [0.2, 0.25) is 0 Å². The molecule has 0 aliphatic carbocycles. The summed E-state index contributed by atoms with van der Waals surface area (Å²) >= 11 is 0. The lowest BCUT2D eigenvalue weighted by atomic mass is 10.1. The third kappa shape index (κ3) is 2.72. The van der Waals surface area contributed by atoms with Gasteiger partial charge in [-0.3, -0.25) is 0 Å². The van der Waals surface area contributed by atoms with E-state index in [0.717, 1.165) is 18.2 Å². The molecule has 2 rings (SSSR count). The van der Waals surface area contributed by atoms with Gasteiger partial charge in [-0.2, -0.15) is 5.26 Å². The van der Waals surface area contributed by atoms with E-state index in [-0.39, 0.29) is 23.4 Å². The Morgan fingerprint density at radius 2 is 1.65 bits per heavy atom. The van der Waals surface area contributed by atoms with Gasteiger partial charge in [0.1, 0.15) is 17.4 Å². The molecule has 2 aromatic carbocycles. The number of hydrogen-bond donors (Lipinski definition) is 1. The summed E-state index contributed by atoms with van der Waals surface area (Å²) in [6, 6.07) is 7.32. The number of anilines is 1. The van der Waals surface area contributed by atoms with Crippen molar-refractivity contribution in [3.8, 4) is 6.07 Å². The maximum absolute atomic E-state index is 13.3.